The lowest BCUT2D eigenvalue weighted by Crippen LogP contribution is -2.30. The van der Waals surface area contributed by atoms with Crippen LogP contribution in [0, 0.1) is 0 Å². The predicted octanol–water partition coefficient (Wildman–Crippen LogP) is 4.71. The number of amides is 1. The number of carbonyl (C=O) groups is 1. The van der Waals surface area contributed by atoms with Crippen LogP contribution in [0.5, 0.6) is 11.5 Å². The molecule has 1 heterocycles. The molecule has 0 unspecified atom stereocenters. The highest BCUT2D eigenvalue weighted by Gasteiger charge is 2.31. The van der Waals surface area contributed by atoms with Gasteiger partial charge in [-0.25, -0.2) is 0 Å². The van der Waals surface area contributed by atoms with E-state index in [4.69, 9.17) is 26.8 Å². The maximum Gasteiger partial charge on any atom is 0.252 e. The Morgan fingerprint density at radius 2 is 1.97 bits per heavy atom. The molecule has 0 aliphatic heterocycles. The summed E-state index contributed by atoms with van der Waals surface area (Å²) >= 11 is 9.57. The third-order valence-electron chi connectivity index (χ3n) is 4.48. The first-order valence-corrected chi connectivity index (χ1v) is 10.4. The first kappa shape index (κ1) is 22.1. The van der Waals surface area contributed by atoms with Crippen LogP contribution in [0.3, 0.4) is 0 Å². The van der Waals surface area contributed by atoms with Crippen LogP contribution in [0.4, 0.5) is 0 Å². The number of carbonyl (C=O) groups excluding carboxylic acids is 1. The molecule has 158 valence electrons. The molecule has 9 heteroatoms. The van der Waals surface area contributed by atoms with Gasteiger partial charge in [0.05, 0.1) is 12.2 Å². The summed E-state index contributed by atoms with van der Waals surface area (Å²) in [4.78, 5) is 11.8. The highest BCUT2D eigenvalue weighted by Crippen LogP contribution is 2.34. The number of halogens is 2. The summed E-state index contributed by atoms with van der Waals surface area (Å²) in [5, 5.41) is 9.10. The number of ether oxygens (including phenoxy) is 2. The van der Waals surface area contributed by atoms with E-state index >= 15 is 0 Å². The maximum absolute atomic E-state index is 11.8. The number of nitrogens with two attached hydrogens (primary N) is 1. The van der Waals surface area contributed by atoms with Crippen molar-refractivity contribution in [3.05, 3.63) is 57.3 Å². The van der Waals surface area contributed by atoms with Gasteiger partial charge < -0.3 is 19.8 Å². The summed E-state index contributed by atoms with van der Waals surface area (Å²) in [5.74, 6) is 1.69. The van der Waals surface area contributed by atoms with Crippen molar-refractivity contribution in [2.45, 2.75) is 26.4 Å². The molecule has 0 aliphatic carbocycles. The smallest absolute Gasteiger partial charge is 0.252 e. The Bertz CT molecular complexity index is 1100. The lowest BCUT2D eigenvalue weighted by molar-refractivity contribution is 0.0886. The van der Waals surface area contributed by atoms with Gasteiger partial charge in [0.2, 0.25) is 0 Å². The van der Waals surface area contributed by atoms with E-state index in [-0.39, 0.29) is 5.56 Å². The summed E-state index contributed by atoms with van der Waals surface area (Å²) < 4.78 is 14.3. The minimum atomic E-state index is -0.907. The zero-order valence-electron chi connectivity index (χ0n) is 17.1. The molecule has 1 amide bonds. The fourth-order valence-corrected chi connectivity index (χ4v) is 3.83. The van der Waals surface area contributed by atoms with Crippen molar-refractivity contribution in [2.24, 2.45) is 12.8 Å². The second kappa shape index (κ2) is 8.65. The van der Waals surface area contributed by atoms with Gasteiger partial charge in [-0.2, -0.15) is 0 Å². The zero-order valence-corrected chi connectivity index (χ0v) is 19.4. The van der Waals surface area contributed by atoms with Crippen molar-refractivity contribution in [1.29, 1.82) is 0 Å². The third-order valence-corrected chi connectivity index (χ3v) is 5.37. The monoisotopic (exact) mass is 492 g/mol. The number of nitrogens with zero attached hydrogens (tertiary/aromatic N) is 3. The van der Waals surface area contributed by atoms with Crippen LogP contribution in [-0.4, -0.2) is 27.3 Å². The largest absolute Gasteiger partial charge is 0.494 e. The van der Waals surface area contributed by atoms with Crippen LogP contribution in [0.15, 0.2) is 40.9 Å². The highest BCUT2D eigenvalue weighted by molar-refractivity contribution is 9.10. The van der Waals surface area contributed by atoms with Crippen LogP contribution >= 0.6 is 27.5 Å². The predicted molar refractivity (Wildman–Crippen MR) is 119 cm³/mol. The van der Waals surface area contributed by atoms with E-state index in [1.54, 1.807) is 12.1 Å². The van der Waals surface area contributed by atoms with E-state index in [2.05, 4.69) is 26.1 Å². The minimum absolute atomic E-state index is 0.201. The quantitative estimate of drug-likeness (QED) is 0.514. The topological polar surface area (TPSA) is 92.3 Å². The summed E-state index contributed by atoms with van der Waals surface area (Å²) in [6.45, 7) is 6.20. The second-order valence-electron chi connectivity index (χ2n) is 7.10. The molecule has 30 heavy (non-hydrogen) atoms. The maximum atomic E-state index is 11.8. The first-order chi connectivity index (χ1) is 14.1. The Morgan fingerprint density at radius 1 is 1.23 bits per heavy atom. The van der Waals surface area contributed by atoms with Crippen LogP contribution in [0.1, 0.15) is 37.0 Å². The fraction of sp³-hybridized carbons (Fsp3) is 0.286. The van der Waals surface area contributed by atoms with E-state index in [0.717, 1.165) is 15.8 Å². The van der Waals surface area contributed by atoms with Gasteiger partial charge in [0, 0.05) is 22.1 Å². The lowest BCUT2D eigenvalue weighted by atomic mass is 10.1. The molecule has 2 aromatic carbocycles. The van der Waals surface area contributed by atoms with Gasteiger partial charge in [0.15, 0.2) is 17.2 Å². The molecule has 0 bridgehead atoms. The molecular formula is C21H22BrClN4O3. The number of rotatable bonds is 7. The Morgan fingerprint density at radius 3 is 2.60 bits per heavy atom. The molecular weight excluding hydrogens is 472 g/mol. The van der Waals surface area contributed by atoms with E-state index in [1.165, 1.54) is 6.07 Å². The average Bonchev–Trinajstić information content (AvgIpc) is 3.05. The van der Waals surface area contributed by atoms with Crippen molar-refractivity contribution in [3.8, 4) is 22.9 Å². The Balaban J connectivity index is 1.96. The van der Waals surface area contributed by atoms with Gasteiger partial charge in [-0.15, -0.1) is 10.2 Å². The summed E-state index contributed by atoms with van der Waals surface area (Å²) in [7, 11) is 1.86. The molecule has 7 nitrogen and oxygen atoms in total. The van der Waals surface area contributed by atoms with Crippen molar-refractivity contribution in [2.75, 3.05) is 6.61 Å². The molecule has 0 saturated carbocycles. The normalized spacial score (nSPS) is 11.4. The highest BCUT2D eigenvalue weighted by atomic mass is 79.9. The van der Waals surface area contributed by atoms with Gasteiger partial charge >= 0.3 is 0 Å². The first-order valence-electron chi connectivity index (χ1n) is 9.25. The molecule has 1 aromatic heterocycles. The molecule has 3 rings (SSSR count). The number of primary amides is 1. The van der Waals surface area contributed by atoms with E-state index in [9.17, 15) is 4.79 Å². The summed E-state index contributed by atoms with van der Waals surface area (Å²) in [6.07, 6.45) is 0. The average molecular weight is 494 g/mol. The third kappa shape index (κ3) is 4.44. The number of benzene rings is 2. The molecule has 0 saturated heterocycles. The van der Waals surface area contributed by atoms with Crippen molar-refractivity contribution >= 4 is 33.4 Å². The minimum Gasteiger partial charge on any atom is -0.494 e. The molecule has 3 aromatic rings. The molecule has 2 N–H and O–H groups in total. The number of hydrogen-bond acceptors (Lipinski definition) is 5. The van der Waals surface area contributed by atoms with Gasteiger partial charge in [-0.05, 0) is 73.1 Å². The van der Waals surface area contributed by atoms with Crippen molar-refractivity contribution in [3.63, 3.8) is 0 Å². The van der Waals surface area contributed by atoms with Gasteiger partial charge in [0.1, 0.15) is 11.5 Å². The summed E-state index contributed by atoms with van der Waals surface area (Å²) in [5.41, 5.74) is 5.63. The molecule has 0 spiro atoms. The molecule has 0 atom stereocenters. The Labute approximate surface area is 188 Å². The van der Waals surface area contributed by atoms with Crippen LogP contribution in [-0.2, 0) is 12.6 Å². The van der Waals surface area contributed by atoms with Crippen LogP contribution < -0.4 is 15.2 Å². The molecule has 0 aliphatic rings. The Kier molecular flexibility index (Phi) is 6.38. The SMILES string of the molecule is CCOc1ccc(-c2nnc(C(C)(C)Oc3ccc(Cl)cc3C(N)=O)n2C)c(Br)c1. The number of aromatic nitrogens is 3. The van der Waals surface area contributed by atoms with Crippen LogP contribution in [0.25, 0.3) is 11.4 Å². The molecule has 0 radical (unpaired) electrons. The van der Waals surface area contributed by atoms with Crippen molar-refractivity contribution < 1.29 is 14.3 Å². The van der Waals surface area contributed by atoms with Gasteiger partial charge in [0.25, 0.3) is 5.91 Å². The van der Waals surface area contributed by atoms with Crippen molar-refractivity contribution in [1.82, 2.24) is 14.8 Å². The second-order valence-corrected chi connectivity index (χ2v) is 8.39. The zero-order chi connectivity index (χ0) is 22.1. The fourth-order valence-electron chi connectivity index (χ4n) is 3.13. The van der Waals surface area contributed by atoms with Gasteiger partial charge in [-0.3, -0.25) is 4.79 Å². The summed E-state index contributed by atoms with van der Waals surface area (Å²) in [6, 6.07) is 10.4. The van der Waals surface area contributed by atoms with E-state index < -0.39 is 11.5 Å². The molecule has 0 fully saturated rings. The standard InChI is InChI=1S/C21H22BrClN4O3/c1-5-29-13-7-8-14(16(22)11-13)19-25-26-20(27(19)4)21(2,3)30-17-9-6-12(23)10-15(17)18(24)28/h6-11H,5H2,1-4H3,(H2,24,28). The van der Waals surface area contributed by atoms with Gasteiger partial charge in [-0.1, -0.05) is 11.6 Å². The van der Waals surface area contributed by atoms with E-state index in [0.29, 0.717) is 29.0 Å². The van der Waals surface area contributed by atoms with Crippen LogP contribution in [0.2, 0.25) is 5.02 Å². The van der Waals surface area contributed by atoms with E-state index in [1.807, 2.05) is 50.6 Å². The lowest BCUT2D eigenvalue weighted by Gasteiger charge is -2.26. The number of hydrogen-bond donors (Lipinski definition) is 1. The Hall–Kier alpha value is -2.58.